The highest BCUT2D eigenvalue weighted by Crippen LogP contribution is 2.33. The molecule has 0 unspecified atom stereocenters. The van der Waals surface area contributed by atoms with Gasteiger partial charge in [-0.05, 0) is 54.8 Å². The normalized spacial score (nSPS) is 11.3. The highest BCUT2D eigenvalue weighted by Gasteiger charge is 2.14. The second-order valence-corrected chi connectivity index (χ2v) is 11.7. The number of benzene rings is 5. The molecule has 0 atom stereocenters. The standard InChI is InChI=1S/C42H30N4/c1-27-24-37(44-41-36(27)23-22-33-17-16-28(2)43-40(33)41)34-14-9-15-35(25-34)42-45-38(31-12-7-4-8-13-31)26-39(46-42)32-20-18-30(19-21-32)29-10-5-3-6-11-29/h3-26H,1-2H3. The third kappa shape index (κ3) is 5.20. The van der Waals surface area contributed by atoms with Gasteiger partial charge in [0.25, 0.3) is 0 Å². The summed E-state index contributed by atoms with van der Waals surface area (Å²) in [4.78, 5) is 20.2. The van der Waals surface area contributed by atoms with Crippen LogP contribution in [0.4, 0.5) is 0 Å². The third-order valence-corrected chi connectivity index (χ3v) is 8.49. The van der Waals surface area contributed by atoms with Gasteiger partial charge < -0.3 is 0 Å². The van der Waals surface area contributed by atoms with Gasteiger partial charge in [-0.15, -0.1) is 0 Å². The summed E-state index contributed by atoms with van der Waals surface area (Å²) in [5.74, 6) is 0.672. The monoisotopic (exact) mass is 590 g/mol. The zero-order valence-electron chi connectivity index (χ0n) is 25.6. The van der Waals surface area contributed by atoms with Crippen LogP contribution in [0, 0.1) is 13.8 Å². The van der Waals surface area contributed by atoms with Crippen molar-refractivity contribution in [2.45, 2.75) is 13.8 Å². The van der Waals surface area contributed by atoms with E-state index in [1.165, 1.54) is 16.7 Å². The van der Waals surface area contributed by atoms with Crippen molar-refractivity contribution < 1.29 is 0 Å². The van der Waals surface area contributed by atoms with Gasteiger partial charge in [-0.25, -0.2) is 15.0 Å². The molecule has 3 heterocycles. The van der Waals surface area contributed by atoms with Gasteiger partial charge in [0.1, 0.15) is 0 Å². The Morgan fingerprint density at radius 3 is 1.67 bits per heavy atom. The van der Waals surface area contributed by atoms with E-state index in [4.69, 9.17) is 19.9 Å². The summed E-state index contributed by atoms with van der Waals surface area (Å²) >= 11 is 0. The fourth-order valence-electron chi connectivity index (χ4n) is 6.05. The summed E-state index contributed by atoms with van der Waals surface area (Å²) in [7, 11) is 0. The Balaban J connectivity index is 1.24. The smallest absolute Gasteiger partial charge is 0.160 e. The van der Waals surface area contributed by atoms with Gasteiger partial charge in [0.2, 0.25) is 0 Å². The molecule has 0 saturated heterocycles. The molecule has 0 N–H and O–H groups in total. The van der Waals surface area contributed by atoms with Crippen LogP contribution in [0.5, 0.6) is 0 Å². The molecule has 8 rings (SSSR count). The Morgan fingerprint density at radius 2 is 0.935 bits per heavy atom. The molecule has 5 aromatic carbocycles. The fourth-order valence-corrected chi connectivity index (χ4v) is 6.05. The SMILES string of the molecule is Cc1ccc2ccc3c(C)cc(-c4cccc(-c5nc(-c6ccccc6)cc(-c6ccc(-c7ccccc7)cc6)n5)c4)nc3c2n1. The van der Waals surface area contributed by atoms with Crippen LogP contribution in [-0.2, 0) is 0 Å². The van der Waals surface area contributed by atoms with Crippen LogP contribution in [0.1, 0.15) is 11.3 Å². The van der Waals surface area contributed by atoms with Gasteiger partial charge in [0.05, 0.1) is 28.1 Å². The Hall–Kier alpha value is -6.00. The lowest BCUT2D eigenvalue weighted by molar-refractivity contribution is 1.18. The van der Waals surface area contributed by atoms with Crippen molar-refractivity contribution in [3.8, 4) is 56.3 Å². The molecule has 0 saturated carbocycles. The molecule has 0 bridgehead atoms. The van der Waals surface area contributed by atoms with E-state index in [0.717, 1.165) is 66.8 Å². The highest BCUT2D eigenvalue weighted by atomic mass is 14.9. The summed E-state index contributed by atoms with van der Waals surface area (Å²) in [5, 5.41) is 2.21. The van der Waals surface area contributed by atoms with E-state index in [1.54, 1.807) is 0 Å². The Labute approximate surface area is 268 Å². The molecule has 0 amide bonds. The lowest BCUT2D eigenvalue weighted by atomic mass is 10.0. The quantitative estimate of drug-likeness (QED) is 0.187. The van der Waals surface area contributed by atoms with Crippen molar-refractivity contribution in [2.75, 3.05) is 0 Å². The van der Waals surface area contributed by atoms with Crippen molar-refractivity contribution in [3.63, 3.8) is 0 Å². The molecular formula is C42H30N4. The van der Waals surface area contributed by atoms with Crippen molar-refractivity contribution >= 4 is 21.8 Å². The van der Waals surface area contributed by atoms with Crippen molar-refractivity contribution in [3.05, 3.63) is 157 Å². The summed E-state index contributed by atoms with van der Waals surface area (Å²) < 4.78 is 0. The molecule has 218 valence electrons. The molecular weight excluding hydrogens is 560 g/mol. The van der Waals surface area contributed by atoms with Crippen LogP contribution in [0.25, 0.3) is 78.1 Å². The number of hydrogen-bond acceptors (Lipinski definition) is 4. The molecule has 0 fully saturated rings. The summed E-state index contributed by atoms with van der Waals surface area (Å²) in [6, 6.07) is 50.4. The Bertz CT molecular complexity index is 2360. The van der Waals surface area contributed by atoms with Crippen LogP contribution in [-0.4, -0.2) is 19.9 Å². The molecule has 0 radical (unpaired) electrons. The predicted molar refractivity (Wildman–Crippen MR) is 189 cm³/mol. The molecule has 4 heteroatoms. The maximum absolute atomic E-state index is 5.17. The number of aryl methyl sites for hydroxylation is 2. The zero-order chi connectivity index (χ0) is 31.0. The van der Waals surface area contributed by atoms with Gasteiger partial charge in [-0.3, -0.25) is 4.98 Å². The summed E-state index contributed by atoms with van der Waals surface area (Å²) in [6.45, 7) is 4.16. The topological polar surface area (TPSA) is 51.6 Å². The second-order valence-electron chi connectivity index (χ2n) is 11.7. The summed E-state index contributed by atoms with van der Waals surface area (Å²) in [6.07, 6.45) is 0. The largest absolute Gasteiger partial charge is 0.251 e. The molecule has 0 aliphatic heterocycles. The van der Waals surface area contributed by atoms with Crippen LogP contribution < -0.4 is 0 Å². The number of fused-ring (bicyclic) bond motifs is 3. The minimum Gasteiger partial charge on any atom is -0.251 e. The Kier molecular flexibility index (Phi) is 6.88. The van der Waals surface area contributed by atoms with Crippen LogP contribution in [0.2, 0.25) is 0 Å². The third-order valence-electron chi connectivity index (χ3n) is 8.49. The Morgan fingerprint density at radius 1 is 0.370 bits per heavy atom. The van der Waals surface area contributed by atoms with Crippen LogP contribution >= 0.6 is 0 Å². The minimum atomic E-state index is 0.672. The first-order valence-electron chi connectivity index (χ1n) is 15.5. The first-order valence-corrected chi connectivity index (χ1v) is 15.5. The zero-order valence-corrected chi connectivity index (χ0v) is 25.6. The lowest BCUT2D eigenvalue weighted by Gasteiger charge is -2.12. The maximum atomic E-state index is 5.17. The first kappa shape index (κ1) is 27.5. The number of pyridine rings is 2. The lowest BCUT2D eigenvalue weighted by Crippen LogP contribution is -1.97. The van der Waals surface area contributed by atoms with E-state index in [2.05, 4.69) is 122 Å². The second kappa shape index (κ2) is 11.5. The summed E-state index contributed by atoms with van der Waals surface area (Å²) in [5.41, 5.74) is 13.0. The average Bonchev–Trinajstić information content (AvgIpc) is 3.12. The molecule has 8 aromatic rings. The van der Waals surface area contributed by atoms with Crippen LogP contribution in [0.3, 0.4) is 0 Å². The van der Waals surface area contributed by atoms with Gasteiger partial charge in [0.15, 0.2) is 5.82 Å². The molecule has 3 aromatic heterocycles. The van der Waals surface area contributed by atoms with E-state index >= 15 is 0 Å². The minimum absolute atomic E-state index is 0.672. The van der Waals surface area contributed by atoms with Gasteiger partial charge in [-0.1, -0.05) is 121 Å². The number of aromatic nitrogens is 4. The molecule has 0 spiro atoms. The van der Waals surface area contributed by atoms with Gasteiger partial charge in [-0.2, -0.15) is 0 Å². The molecule has 46 heavy (non-hydrogen) atoms. The first-order chi connectivity index (χ1) is 22.6. The van der Waals surface area contributed by atoms with E-state index in [9.17, 15) is 0 Å². The number of hydrogen-bond donors (Lipinski definition) is 0. The van der Waals surface area contributed by atoms with E-state index < -0.39 is 0 Å². The van der Waals surface area contributed by atoms with Crippen LogP contribution in [0.15, 0.2) is 146 Å². The van der Waals surface area contributed by atoms with Gasteiger partial charge in [0, 0.05) is 38.7 Å². The van der Waals surface area contributed by atoms with E-state index in [0.29, 0.717) is 5.82 Å². The molecule has 4 nitrogen and oxygen atoms in total. The van der Waals surface area contributed by atoms with Crippen molar-refractivity contribution in [2.24, 2.45) is 0 Å². The average molecular weight is 591 g/mol. The fraction of sp³-hybridized carbons (Fsp3) is 0.0476. The molecule has 0 aliphatic rings. The number of nitrogens with zero attached hydrogens (tertiary/aromatic N) is 4. The van der Waals surface area contributed by atoms with E-state index in [-0.39, 0.29) is 0 Å². The highest BCUT2D eigenvalue weighted by molar-refractivity contribution is 6.04. The van der Waals surface area contributed by atoms with Gasteiger partial charge >= 0.3 is 0 Å². The maximum Gasteiger partial charge on any atom is 0.160 e. The molecule has 0 aliphatic carbocycles. The van der Waals surface area contributed by atoms with Crippen molar-refractivity contribution in [1.29, 1.82) is 0 Å². The predicted octanol–water partition coefficient (Wildman–Crippen LogP) is 10.5. The van der Waals surface area contributed by atoms with E-state index in [1.807, 2.05) is 37.3 Å². The number of rotatable bonds is 5. The van der Waals surface area contributed by atoms with Crippen molar-refractivity contribution in [1.82, 2.24) is 19.9 Å².